The van der Waals surface area contributed by atoms with Crippen LogP contribution < -0.4 is 0 Å². The quantitative estimate of drug-likeness (QED) is 0.0805. The molecule has 356 valence electrons. The maximum absolute atomic E-state index is 14.4. The van der Waals surface area contributed by atoms with Crippen LogP contribution in [-0.4, -0.2) is 18.7 Å². The highest BCUT2D eigenvalue weighted by atomic mass is 32.1. The van der Waals surface area contributed by atoms with Gasteiger partial charge in [0.2, 0.25) is 0 Å². The minimum Gasteiger partial charge on any atom is -0.245 e. The largest absolute Gasteiger partial charge is 0.416 e. The van der Waals surface area contributed by atoms with Crippen LogP contribution in [0.15, 0.2) is 48.5 Å². The van der Waals surface area contributed by atoms with Gasteiger partial charge in [0.05, 0.1) is 45.4 Å². The Balaban J connectivity index is 1.55. The fraction of sp³-hybridized carbons (Fsp3) is 0.417. The van der Waals surface area contributed by atoms with E-state index in [0.717, 1.165) is 72.8 Å². The number of pyridine rings is 2. The number of hydrogen-bond donors (Lipinski definition) is 0. The van der Waals surface area contributed by atoms with Crippen molar-refractivity contribution in [2.75, 3.05) is 0 Å². The van der Waals surface area contributed by atoms with E-state index in [1.54, 1.807) is 12.1 Å². The molecule has 0 aliphatic rings. The zero-order valence-electron chi connectivity index (χ0n) is 36.4. The number of halogens is 12. The molecule has 2 unspecified atom stereocenters. The average Bonchev–Trinajstić information content (AvgIpc) is 4.03. The van der Waals surface area contributed by atoms with Crippen molar-refractivity contribution in [2.45, 2.75) is 117 Å². The van der Waals surface area contributed by atoms with E-state index in [4.69, 9.17) is 9.97 Å². The monoisotopic (exact) mass is 998 g/mol. The molecule has 0 saturated heterocycles. The second-order valence-electron chi connectivity index (χ2n) is 17.1. The van der Waals surface area contributed by atoms with Crippen molar-refractivity contribution in [3.63, 3.8) is 0 Å². The first-order valence-electron chi connectivity index (χ1n) is 21.9. The predicted molar refractivity (Wildman–Crippen MR) is 244 cm³/mol. The van der Waals surface area contributed by atoms with Gasteiger partial charge in [-0.05, 0) is 73.2 Å². The number of rotatable bonds is 14. The number of benzene rings is 3. The first kappa shape index (κ1) is 48.8. The second kappa shape index (κ2) is 18.4. The van der Waals surface area contributed by atoms with Gasteiger partial charge in [-0.2, -0.15) is 61.4 Å². The van der Waals surface area contributed by atoms with Crippen molar-refractivity contribution in [1.29, 1.82) is 0 Å². The fourth-order valence-corrected chi connectivity index (χ4v) is 12.1. The SMILES string of the molecule is CCCCC(CC)Cc1cc2c(-c3cc(C(F)(F)F)cc(C(F)(F)F)c3)nc3c4nc(-c5cc(C(F)(F)F)cc(C(F)(F)F)c5)c5cc(CC(CC)CCCC)sc5c4c4nsnc4c3c2s1. The lowest BCUT2D eigenvalue weighted by molar-refractivity contribution is -0.144. The second-order valence-corrected chi connectivity index (χ2v) is 19.9. The molecule has 2 atom stereocenters. The summed E-state index contributed by atoms with van der Waals surface area (Å²) in [5.41, 5.74) is -7.30. The molecule has 0 N–H and O–H groups in total. The van der Waals surface area contributed by atoms with E-state index >= 15 is 0 Å². The normalized spacial score (nSPS) is 14.1. The van der Waals surface area contributed by atoms with Gasteiger partial charge < -0.3 is 0 Å². The lowest BCUT2D eigenvalue weighted by atomic mass is 9.94. The Kier molecular flexibility index (Phi) is 13.4. The Morgan fingerprint density at radius 1 is 0.463 bits per heavy atom. The van der Waals surface area contributed by atoms with Crippen LogP contribution in [0.4, 0.5) is 52.7 Å². The number of unbranched alkanes of at least 4 members (excludes halogenated alkanes) is 2. The summed E-state index contributed by atoms with van der Waals surface area (Å²) in [5.74, 6) is 0.383. The Bertz CT molecular complexity index is 2850. The molecule has 0 aliphatic heterocycles. The van der Waals surface area contributed by atoms with Crippen LogP contribution >= 0.6 is 34.4 Å². The molecule has 5 heterocycles. The molecule has 0 fully saturated rings. The smallest absolute Gasteiger partial charge is 0.245 e. The Morgan fingerprint density at radius 2 is 0.806 bits per heavy atom. The van der Waals surface area contributed by atoms with Crippen LogP contribution in [0, 0.1) is 11.8 Å². The van der Waals surface area contributed by atoms with E-state index in [9.17, 15) is 52.7 Å². The fourth-order valence-electron chi connectivity index (χ4n) is 8.86. The van der Waals surface area contributed by atoms with Gasteiger partial charge in [0, 0.05) is 51.8 Å². The number of fused-ring (bicyclic) bond motifs is 10. The number of hydrogen-bond acceptors (Lipinski definition) is 7. The standard InChI is InChI=1S/C48H42F12N4S3/c1-5-9-11-23(7-3)13-31-21-33-37(25-15-27(45(49,50)51)19-28(16-25)46(52,53)54)61-39-35(43(33)65-31)41-42(64-67-63-41)36-40(39)62-38(26-17-29(47(55,56)57)20-30(18-26)48(58,59)60)34-22-32(66-44(34)36)14-24(8-4)12-10-6-2/h15-24H,5-14H2,1-4H3. The van der Waals surface area contributed by atoms with Crippen LogP contribution in [0.5, 0.6) is 0 Å². The Hall–Kier alpha value is -4.62. The summed E-state index contributed by atoms with van der Waals surface area (Å²) in [7, 11) is 0. The molecule has 8 aromatic rings. The van der Waals surface area contributed by atoms with Crippen LogP contribution in [0.25, 0.3) is 75.5 Å². The first-order valence-corrected chi connectivity index (χ1v) is 24.3. The highest BCUT2D eigenvalue weighted by Crippen LogP contribution is 2.50. The molecule has 0 bridgehead atoms. The molecule has 4 nitrogen and oxygen atoms in total. The first-order chi connectivity index (χ1) is 31.5. The summed E-state index contributed by atoms with van der Waals surface area (Å²) in [5, 5.41) is 1.08. The summed E-state index contributed by atoms with van der Waals surface area (Å²) in [6.07, 6.45) is -12.7. The topological polar surface area (TPSA) is 51.6 Å². The van der Waals surface area contributed by atoms with E-state index in [2.05, 4.69) is 22.6 Å². The summed E-state index contributed by atoms with van der Waals surface area (Å²) >= 11 is 3.37. The summed E-state index contributed by atoms with van der Waals surface area (Å²) < 4.78 is 183. The van der Waals surface area contributed by atoms with Gasteiger partial charge in [-0.3, -0.25) is 0 Å². The van der Waals surface area contributed by atoms with Gasteiger partial charge in [-0.15, -0.1) is 22.7 Å². The van der Waals surface area contributed by atoms with Gasteiger partial charge in [-0.25, -0.2) is 9.97 Å². The van der Waals surface area contributed by atoms with E-state index in [1.165, 1.54) is 22.7 Å². The van der Waals surface area contributed by atoms with Crippen LogP contribution in [0.1, 0.15) is 111 Å². The van der Waals surface area contributed by atoms with Crippen molar-refractivity contribution in [3.8, 4) is 22.5 Å². The third-order valence-corrected chi connectivity index (χ3v) is 15.3. The predicted octanol–water partition coefficient (Wildman–Crippen LogP) is 18.1. The van der Waals surface area contributed by atoms with Gasteiger partial charge >= 0.3 is 24.7 Å². The summed E-state index contributed by atoms with van der Waals surface area (Å²) in [6, 6.07) is 5.85. The highest BCUT2D eigenvalue weighted by Gasteiger charge is 2.39. The van der Waals surface area contributed by atoms with Crippen molar-refractivity contribution in [2.24, 2.45) is 11.8 Å². The third kappa shape index (κ3) is 9.70. The molecular weight excluding hydrogens is 957 g/mol. The molecule has 0 radical (unpaired) electrons. The molecule has 0 amide bonds. The zero-order chi connectivity index (χ0) is 48.4. The zero-order valence-corrected chi connectivity index (χ0v) is 38.8. The van der Waals surface area contributed by atoms with Gasteiger partial charge in [0.15, 0.2) is 0 Å². The van der Waals surface area contributed by atoms with E-state index in [-0.39, 0.29) is 57.2 Å². The number of alkyl halides is 12. The maximum atomic E-state index is 14.4. The van der Waals surface area contributed by atoms with Crippen LogP contribution in [-0.2, 0) is 37.5 Å². The molecule has 67 heavy (non-hydrogen) atoms. The molecule has 0 saturated carbocycles. The lowest BCUT2D eigenvalue weighted by Gasteiger charge is -2.16. The highest BCUT2D eigenvalue weighted by molar-refractivity contribution is 7.21. The molecular formula is C48H42F12N4S3. The Morgan fingerprint density at radius 3 is 1.10 bits per heavy atom. The van der Waals surface area contributed by atoms with Crippen molar-refractivity contribution in [3.05, 3.63) is 80.5 Å². The van der Waals surface area contributed by atoms with Gasteiger partial charge in [0.1, 0.15) is 22.1 Å². The minimum atomic E-state index is -5.20. The van der Waals surface area contributed by atoms with Gasteiger partial charge in [0.25, 0.3) is 0 Å². The number of nitrogens with zero attached hydrogens (tertiary/aromatic N) is 4. The minimum absolute atomic E-state index is 0.0226. The van der Waals surface area contributed by atoms with E-state index < -0.39 is 58.1 Å². The number of aromatic nitrogens is 4. The lowest BCUT2D eigenvalue weighted by Crippen LogP contribution is -2.11. The maximum Gasteiger partial charge on any atom is 0.416 e. The molecule has 5 aromatic heterocycles. The summed E-state index contributed by atoms with van der Waals surface area (Å²) in [6.45, 7) is 8.17. The Labute approximate surface area is 388 Å². The molecule has 19 heteroatoms. The average molecular weight is 999 g/mol. The molecule has 8 rings (SSSR count). The summed E-state index contributed by atoms with van der Waals surface area (Å²) in [4.78, 5) is 11.3. The van der Waals surface area contributed by atoms with E-state index in [0.29, 0.717) is 68.3 Å². The van der Waals surface area contributed by atoms with Crippen LogP contribution in [0.3, 0.4) is 0 Å². The molecule has 0 spiro atoms. The van der Waals surface area contributed by atoms with Gasteiger partial charge in [-0.1, -0.05) is 79.1 Å². The van der Waals surface area contributed by atoms with Crippen molar-refractivity contribution >= 4 is 87.4 Å². The van der Waals surface area contributed by atoms with Crippen LogP contribution in [0.2, 0.25) is 0 Å². The van der Waals surface area contributed by atoms with E-state index in [1.807, 2.05) is 13.8 Å². The third-order valence-electron chi connectivity index (χ3n) is 12.4. The van der Waals surface area contributed by atoms with Crippen molar-refractivity contribution < 1.29 is 52.7 Å². The molecule has 3 aromatic carbocycles. The van der Waals surface area contributed by atoms with Crippen molar-refractivity contribution in [1.82, 2.24) is 18.7 Å². The number of thiophene rings is 2. The molecule has 0 aliphatic carbocycles.